The van der Waals surface area contributed by atoms with Gasteiger partial charge in [-0.1, -0.05) is 53.7 Å². The van der Waals surface area contributed by atoms with E-state index in [0.717, 1.165) is 12.4 Å². The van der Waals surface area contributed by atoms with Crippen LogP contribution in [0.15, 0.2) is 24.3 Å². The minimum atomic E-state index is 0.371. The van der Waals surface area contributed by atoms with Crippen LogP contribution in [0.2, 0.25) is 0 Å². The van der Waals surface area contributed by atoms with Crippen LogP contribution in [-0.2, 0) is 0 Å². The second-order valence-electron chi connectivity index (χ2n) is 8.04. The van der Waals surface area contributed by atoms with E-state index in [4.69, 9.17) is 4.74 Å². The van der Waals surface area contributed by atoms with Crippen molar-refractivity contribution < 1.29 is 4.74 Å². The molecule has 0 heterocycles. The highest BCUT2D eigenvalue weighted by atomic mass is 16.5. The standard InChI is InChI=1S/C19H31NO/c1-13(2)12-21-16-10-8-15(9-11-16)14(3)20-17-18(4,5)19(17,6)7/h8-11,13-14,17,20H,12H2,1-7H3. The molecule has 1 N–H and O–H groups in total. The van der Waals surface area contributed by atoms with Gasteiger partial charge in [-0.25, -0.2) is 0 Å². The molecule has 21 heavy (non-hydrogen) atoms. The van der Waals surface area contributed by atoms with Gasteiger partial charge in [0, 0.05) is 12.1 Å². The predicted octanol–water partition coefficient (Wildman–Crippen LogP) is 4.81. The van der Waals surface area contributed by atoms with Gasteiger partial charge in [0.1, 0.15) is 5.75 Å². The summed E-state index contributed by atoms with van der Waals surface area (Å²) >= 11 is 0. The first-order valence-corrected chi connectivity index (χ1v) is 8.15. The molecule has 0 amide bonds. The molecule has 2 nitrogen and oxygen atoms in total. The number of nitrogens with one attached hydrogen (secondary N) is 1. The Hall–Kier alpha value is -1.02. The topological polar surface area (TPSA) is 21.3 Å². The fraction of sp³-hybridized carbons (Fsp3) is 0.684. The maximum atomic E-state index is 5.74. The molecule has 2 heteroatoms. The fourth-order valence-corrected chi connectivity index (χ4v) is 3.07. The Morgan fingerprint density at radius 3 is 1.95 bits per heavy atom. The summed E-state index contributed by atoms with van der Waals surface area (Å²) in [4.78, 5) is 0. The zero-order valence-electron chi connectivity index (χ0n) is 14.7. The normalized spacial score (nSPS) is 21.3. The van der Waals surface area contributed by atoms with Gasteiger partial charge >= 0.3 is 0 Å². The summed E-state index contributed by atoms with van der Waals surface area (Å²) in [5, 5.41) is 3.78. The molecule has 0 radical (unpaired) electrons. The maximum absolute atomic E-state index is 5.74. The lowest BCUT2D eigenvalue weighted by Gasteiger charge is -2.17. The molecule has 1 atom stereocenters. The van der Waals surface area contributed by atoms with Crippen molar-refractivity contribution in [3.05, 3.63) is 29.8 Å². The number of rotatable bonds is 6. The van der Waals surface area contributed by atoms with Crippen LogP contribution >= 0.6 is 0 Å². The Kier molecular flexibility index (Phi) is 4.39. The van der Waals surface area contributed by atoms with Crippen molar-refractivity contribution in [3.63, 3.8) is 0 Å². The van der Waals surface area contributed by atoms with Crippen molar-refractivity contribution in [1.29, 1.82) is 0 Å². The lowest BCUT2D eigenvalue weighted by atomic mass is 10.0. The van der Waals surface area contributed by atoms with Crippen LogP contribution in [0.5, 0.6) is 5.75 Å². The van der Waals surface area contributed by atoms with E-state index in [2.05, 4.69) is 78.0 Å². The maximum Gasteiger partial charge on any atom is 0.119 e. The van der Waals surface area contributed by atoms with Crippen molar-refractivity contribution in [1.82, 2.24) is 5.32 Å². The molecule has 0 aromatic heterocycles. The van der Waals surface area contributed by atoms with Crippen LogP contribution in [0, 0.1) is 16.7 Å². The third kappa shape index (κ3) is 3.26. The molecule has 1 saturated carbocycles. The Labute approximate surface area is 130 Å². The molecule has 1 aliphatic rings. The van der Waals surface area contributed by atoms with Gasteiger partial charge in [0.2, 0.25) is 0 Å². The SMILES string of the molecule is CC(C)COc1ccc(C(C)NC2C(C)(C)C2(C)C)cc1. The lowest BCUT2D eigenvalue weighted by Crippen LogP contribution is -2.25. The lowest BCUT2D eigenvalue weighted by molar-refractivity contribution is 0.271. The number of benzene rings is 1. The zero-order valence-corrected chi connectivity index (χ0v) is 14.7. The Morgan fingerprint density at radius 2 is 1.52 bits per heavy atom. The Balaban J connectivity index is 1.93. The van der Waals surface area contributed by atoms with Crippen molar-refractivity contribution in [2.24, 2.45) is 16.7 Å². The van der Waals surface area contributed by atoms with Crippen LogP contribution in [0.25, 0.3) is 0 Å². The number of hydrogen-bond acceptors (Lipinski definition) is 2. The van der Waals surface area contributed by atoms with Crippen LogP contribution in [0.1, 0.15) is 60.1 Å². The molecule has 1 fully saturated rings. The van der Waals surface area contributed by atoms with E-state index < -0.39 is 0 Å². The molecule has 118 valence electrons. The van der Waals surface area contributed by atoms with Gasteiger partial charge in [-0.05, 0) is 41.4 Å². The van der Waals surface area contributed by atoms with E-state index >= 15 is 0 Å². The second kappa shape index (κ2) is 5.64. The first-order chi connectivity index (χ1) is 9.66. The van der Waals surface area contributed by atoms with Crippen LogP contribution in [-0.4, -0.2) is 12.6 Å². The fourth-order valence-electron chi connectivity index (χ4n) is 3.07. The summed E-state index contributed by atoms with van der Waals surface area (Å²) in [5.74, 6) is 1.52. The first kappa shape index (κ1) is 16.4. The Morgan fingerprint density at radius 1 is 1.00 bits per heavy atom. The summed E-state index contributed by atoms with van der Waals surface area (Å²) in [6, 6.07) is 9.47. The average Bonchev–Trinajstić information content (AvgIpc) is 2.79. The van der Waals surface area contributed by atoms with E-state index in [-0.39, 0.29) is 0 Å². The van der Waals surface area contributed by atoms with E-state index in [1.807, 2.05) is 0 Å². The summed E-state index contributed by atoms with van der Waals surface area (Å²) in [5.41, 5.74) is 2.08. The summed E-state index contributed by atoms with van der Waals surface area (Å²) in [6.07, 6.45) is 0. The molecule has 1 aromatic rings. The van der Waals surface area contributed by atoms with Gasteiger partial charge in [0.05, 0.1) is 6.61 Å². The monoisotopic (exact) mass is 289 g/mol. The quantitative estimate of drug-likeness (QED) is 0.811. The van der Waals surface area contributed by atoms with E-state index in [1.165, 1.54) is 5.56 Å². The van der Waals surface area contributed by atoms with Gasteiger partial charge < -0.3 is 10.1 Å². The molecule has 1 aliphatic carbocycles. The predicted molar refractivity (Wildman–Crippen MR) is 89.7 cm³/mol. The molecular formula is C19H31NO. The minimum absolute atomic E-state index is 0.371. The zero-order chi connectivity index (χ0) is 15.8. The molecule has 0 aliphatic heterocycles. The number of hydrogen-bond donors (Lipinski definition) is 1. The van der Waals surface area contributed by atoms with Crippen LogP contribution in [0.3, 0.4) is 0 Å². The average molecular weight is 289 g/mol. The first-order valence-electron chi connectivity index (χ1n) is 8.15. The third-order valence-corrected chi connectivity index (χ3v) is 5.40. The Bertz CT molecular complexity index is 459. The van der Waals surface area contributed by atoms with Gasteiger partial charge in [0.25, 0.3) is 0 Å². The van der Waals surface area contributed by atoms with E-state index in [1.54, 1.807) is 0 Å². The van der Waals surface area contributed by atoms with Gasteiger partial charge in [-0.3, -0.25) is 0 Å². The molecular weight excluding hydrogens is 258 g/mol. The summed E-state index contributed by atoms with van der Waals surface area (Å²) in [7, 11) is 0. The molecule has 1 aromatic carbocycles. The summed E-state index contributed by atoms with van der Waals surface area (Å²) < 4.78 is 5.74. The van der Waals surface area contributed by atoms with Gasteiger partial charge in [0.15, 0.2) is 0 Å². The molecule has 0 saturated heterocycles. The molecule has 0 bridgehead atoms. The van der Waals surface area contributed by atoms with E-state index in [0.29, 0.717) is 28.8 Å². The largest absolute Gasteiger partial charge is 0.493 e. The smallest absolute Gasteiger partial charge is 0.119 e. The highest BCUT2D eigenvalue weighted by Gasteiger charge is 2.64. The van der Waals surface area contributed by atoms with Crippen molar-refractivity contribution in [2.75, 3.05) is 6.61 Å². The van der Waals surface area contributed by atoms with Gasteiger partial charge in [-0.15, -0.1) is 0 Å². The van der Waals surface area contributed by atoms with Crippen LogP contribution in [0.4, 0.5) is 0 Å². The van der Waals surface area contributed by atoms with Crippen molar-refractivity contribution in [2.45, 2.75) is 60.5 Å². The molecule has 1 unspecified atom stereocenters. The highest BCUT2D eigenvalue weighted by molar-refractivity contribution is 5.30. The minimum Gasteiger partial charge on any atom is -0.493 e. The molecule has 2 rings (SSSR count). The number of ether oxygens (including phenoxy) is 1. The van der Waals surface area contributed by atoms with Crippen molar-refractivity contribution in [3.8, 4) is 5.75 Å². The summed E-state index contributed by atoms with van der Waals surface area (Å²) in [6.45, 7) is 16.7. The van der Waals surface area contributed by atoms with E-state index in [9.17, 15) is 0 Å². The second-order valence-corrected chi connectivity index (χ2v) is 8.04. The third-order valence-electron chi connectivity index (χ3n) is 5.40. The van der Waals surface area contributed by atoms with Gasteiger partial charge in [-0.2, -0.15) is 0 Å². The highest BCUT2D eigenvalue weighted by Crippen LogP contribution is 2.63. The van der Waals surface area contributed by atoms with Crippen LogP contribution < -0.4 is 10.1 Å². The molecule has 0 spiro atoms. The van der Waals surface area contributed by atoms with Crippen molar-refractivity contribution >= 4 is 0 Å².